The van der Waals surface area contributed by atoms with Crippen molar-refractivity contribution in [2.45, 2.75) is 32.7 Å². The van der Waals surface area contributed by atoms with Gasteiger partial charge < -0.3 is 5.32 Å². The highest BCUT2D eigenvalue weighted by Crippen LogP contribution is 2.38. The summed E-state index contributed by atoms with van der Waals surface area (Å²) in [6.07, 6.45) is 0. The van der Waals surface area contributed by atoms with E-state index in [1.54, 1.807) is 22.7 Å². The molecule has 6 heteroatoms. The molecule has 0 aliphatic heterocycles. The van der Waals surface area contributed by atoms with Crippen molar-refractivity contribution in [1.82, 2.24) is 10.3 Å². The molecule has 2 aromatic heterocycles. The SMILES string of the molecule is CCNC(c1cc(Br)c(Cl)s1)c1nc(C(C)C)cs1. The van der Waals surface area contributed by atoms with Crippen molar-refractivity contribution in [3.63, 3.8) is 0 Å². The van der Waals surface area contributed by atoms with Crippen molar-refractivity contribution in [3.8, 4) is 0 Å². The lowest BCUT2D eigenvalue weighted by Gasteiger charge is -2.13. The summed E-state index contributed by atoms with van der Waals surface area (Å²) in [4.78, 5) is 5.95. The van der Waals surface area contributed by atoms with Gasteiger partial charge in [-0.05, 0) is 34.5 Å². The highest BCUT2D eigenvalue weighted by molar-refractivity contribution is 9.10. The first-order valence-electron chi connectivity index (χ1n) is 6.16. The third kappa shape index (κ3) is 3.58. The van der Waals surface area contributed by atoms with Crippen molar-refractivity contribution in [1.29, 1.82) is 0 Å². The van der Waals surface area contributed by atoms with Crippen molar-refractivity contribution < 1.29 is 0 Å². The highest BCUT2D eigenvalue weighted by Gasteiger charge is 2.20. The minimum atomic E-state index is 0.135. The third-order valence-corrected chi connectivity index (χ3v) is 6.20. The van der Waals surface area contributed by atoms with Crippen LogP contribution >= 0.6 is 50.2 Å². The van der Waals surface area contributed by atoms with E-state index in [0.717, 1.165) is 26.1 Å². The molecular weight excluding hydrogens is 364 g/mol. The number of thiophene rings is 1. The molecule has 0 fully saturated rings. The standard InChI is InChI=1S/C13H16BrClN2S2/c1-4-16-11(10-5-8(14)12(15)19-10)13-17-9(6-18-13)7(2)3/h5-7,11,16H,4H2,1-3H3. The molecule has 0 bridgehead atoms. The second kappa shape index (κ2) is 6.68. The Bertz CT molecular complexity index is 531. The summed E-state index contributed by atoms with van der Waals surface area (Å²) in [5, 5.41) is 6.74. The van der Waals surface area contributed by atoms with E-state index in [1.807, 2.05) is 0 Å². The Balaban J connectivity index is 2.33. The van der Waals surface area contributed by atoms with Gasteiger partial charge in [-0.25, -0.2) is 4.98 Å². The van der Waals surface area contributed by atoms with Crippen molar-refractivity contribution >= 4 is 50.2 Å². The number of nitrogens with one attached hydrogen (secondary N) is 1. The Morgan fingerprint density at radius 1 is 1.47 bits per heavy atom. The van der Waals surface area contributed by atoms with Gasteiger partial charge in [-0.3, -0.25) is 0 Å². The second-order valence-corrected chi connectivity index (χ2v) is 7.96. The van der Waals surface area contributed by atoms with Crippen LogP contribution in [0.5, 0.6) is 0 Å². The van der Waals surface area contributed by atoms with Crippen LogP contribution in [-0.2, 0) is 0 Å². The fraction of sp³-hybridized carbons (Fsp3) is 0.462. The molecular formula is C13H16BrClN2S2. The maximum atomic E-state index is 6.14. The minimum absolute atomic E-state index is 0.135. The molecule has 0 saturated carbocycles. The van der Waals surface area contributed by atoms with E-state index in [0.29, 0.717) is 5.92 Å². The van der Waals surface area contributed by atoms with E-state index in [1.165, 1.54) is 4.88 Å². The van der Waals surface area contributed by atoms with E-state index in [9.17, 15) is 0 Å². The topological polar surface area (TPSA) is 24.9 Å². The van der Waals surface area contributed by atoms with Crippen LogP contribution in [0.1, 0.15) is 48.3 Å². The van der Waals surface area contributed by atoms with Gasteiger partial charge in [0.1, 0.15) is 9.34 Å². The maximum Gasteiger partial charge on any atom is 0.115 e. The average Bonchev–Trinajstić information content (AvgIpc) is 2.95. The number of rotatable bonds is 5. The van der Waals surface area contributed by atoms with Gasteiger partial charge in [-0.15, -0.1) is 22.7 Å². The van der Waals surface area contributed by atoms with Crippen LogP contribution in [0, 0.1) is 0 Å². The van der Waals surface area contributed by atoms with Gasteiger partial charge in [-0.1, -0.05) is 32.4 Å². The largest absolute Gasteiger partial charge is 0.304 e. The Morgan fingerprint density at radius 3 is 2.68 bits per heavy atom. The molecule has 2 heterocycles. The summed E-state index contributed by atoms with van der Waals surface area (Å²) in [7, 11) is 0. The zero-order valence-electron chi connectivity index (χ0n) is 11.0. The maximum absolute atomic E-state index is 6.14. The zero-order valence-corrected chi connectivity index (χ0v) is 15.0. The number of halogens is 2. The Labute approximate surface area is 135 Å². The first-order chi connectivity index (χ1) is 9.02. The third-order valence-electron chi connectivity index (χ3n) is 2.74. The lowest BCUT2D eigenvalue weighted by molar-refractivity contribution is 0.632. The number of hydrogen-bond acceptors (Lipinski definition) is 4. The quantitative estimate of drug-likeness (QED) is 0.748. The van der Waals surface area contributed by atoms with E-state index in [-0.39, 0.29) is 6.04 Å². The van der Waals surface area contributed by atoms with E-state index >= 15 is 0 Å². The monoisotopic (exact) mass is 378 g/mol. The molecule has 1 N–H and O–H groups in total. The lowest BCUT2D eigenvalue weighted by Crippen LogP contribution is -2.21. The molecule has 1 atom stereocenters. The summed E-state index contributed by atoms with van der Waals surface area (Å²) in [6, 6.07) is 2.22. The molecule has 19 heavy (non-hydrogen) atoms. The van der Waals surface area contributed by atoms with Crippen LogP contribution < -0.4 is 5.32 Å². The second-order valence-electron chi connectivity index (χ2n) is 4.53. The fourth-order valence-corrected chi connectivity index (χ4v) is 4.68. The van der Waals surface area contributed by atoms with Crippen molar-refractivity contribution in [2.24, 2.45) is 0 Å². The molecule has 0 amide bonds. The number of nitrogens with zero attached hydrogens (tertiary/aromatic N) is 1. The molecule has 0 aliphatic carbocycles. The molecule has 0 aliphatic rings. The van der Waals surface area contributed by atoms with Gasteiger partial charge in [0.2, 0.25) is 0 Å². The van der Waals surface area contributed by atoms with Crippen LogP contribution in [0.15, 0.2) is 15.9 Å². The zero-order chi connectivity index (χ0) is 14.0. The summed E-state index contributed by atoms with van der Waals surface area (Å²) in [6.45, 7) is 7.34. The van der Waals surface area contributed by atoms with Crippen LogP contribution in [0.3, 0.4) is 0 Å². The number of thiazole rings is 1. The van der Waals surface area contributed by atoms with Gasteiger partial charge in [0.25, 0.3) is 0 Å². The summed E-state index contributed by atoms with van der Waals surface area (Å²) >= 11 is 12.9. The van der Waals surface area contributed by atoms with Crippen LogP contribution in [0.2, 0.25) is 4.34 Å². The Hall–Kier alpha value is 0.0600. The Kier molecular flexibility index (Phi) is 5.43. The average molecular weight is 380 g/mol. The van der Waals surface area contributed by atoms with Crippen LogP contribution in [0.25, 0.3) is 0 Å². The molecule has 1 unspecified atom stereocenters. The number of aromatic nitrogens is 1. The summed E-state index contributed by atoms with van der Waals surface area (Å²) in [5.41, 5.74) is 1.16. The fourth-order valence-electron chi connectivity index (χ4n) is 1.72. The minimum Gasteiger partial charge on any atom is -0.304 e. The lowest BCUT2D eigenvalue weighted by atomic mass is 10.1. The molecule has 0 spiro atoms. The summed E-state index contributed by atoms with van der Waals surface area (Å²) < 4.78 is 1.75. The van der Waals surface area contributed by atoms with Gasteiger partial charge in [-0.2, -0.15) is 0 Å². The molecule has 0 aromatic carbocycles. The molecule has 2 nitrogen and oxygen atoms in total. The molecule has 0 radical (unpaired) electrons. The molecule has 104 valence electrons. The van der Waals surface area contributed by atoms with Gasteiger partial charge in [0, 0.05) is 14.7 Å². The first kappa shape index (κ1) is 15.4. The van der Waals surface area contributed by atoms with Crippen molar-refractivity contribution in [3.05, 3.63) is 35.8 Å². The van der Waals surface area contributed by atoms with E-state index < -0.39 is 0 Å². The van der Waals surface area contributed by atoms with Gasteiger partial charge in [0.05, 0.1) is 11.7 Å². The normalized spacial score (nSPS) is 13.2. The predicted octanol–water partition coefficient (Wildman–Crippen LogP) is 5.44. The molecule has 0 saturated heterocycles. The smallest absolute Gasteiger partial charge is 0.115 e. The highest BCUT2D eigenvalue weighted by atomic mass is 79.9. The van der Waals surface area contributed by atoms with E-state index in [2.05, 4.69) is 53.5 Å². The van der Waals surface area contributed by atoms with Gasteiger partial charge >= 0.3 is 0 Å². The van der Waals surface area contributed by atoms with E-state index in [4.69, 9.17) is 16.6 Å². The summed E-state index contributed by atoms with van der Waals surface area (Å²) in [5.74, 6) is 0.464. The Morgan fingerprint density at radius 2 is 2.21 bits per heavy atom. The number of hydrogen-bond donors (Lipinski definition) is 1. The van der Waals surface area contributed by atoms with Gasteiger partial charge in [0.15, 0.2) is 0 Å². The van der Waals surface area contributed by atoms with Crippen LogP contribution in [-0.4, -0.2) is 11.5 Å². The van der Waals surface area contributed by atoms with Crippen LogP contribution in [0.4, 0.5) is 0 Å². The first-order valence-corrected chi connectivity index (χ1v) is 9.03. The molecule has 2 rings (SSSR count). The predicted molar refractivity (Wildman–Crippen MR) is 88.8 cm³/mol. The van der Waals surface area contributed by atoms with Crippen molar-refractivity contribution in [2.75, 3.05) is 6.54 Å². The molecule has 2 aromatic rings.